The number of benzene rings is 2. The summed E-state index contributed by atoms with van der Waals surface area (Å²) in [5.74, 6) is -0.396. The fourth-order valence-corrected chi connectivity index (χ4v) is 2.58. The predicted molar refractivity (Wildman–Crippen MR) is 77.5 cm³/mol. The van der Waals surface area contributed by atoms with Crippen molar-refractivity contribution in [3.05, 3.63) is 46.2 Å². The van der Waals surface area contributed by atoms with Crippen LogP contribution in [0.5, 0.6) is 11.5 Å². The van der Waals surface area contributed by atoms with E-state index in [0.29, 0.717) is 27.5 Å². The summed E-state index contributed by atoms with van der Waals surface area (Å²) >= 11 is 6.14. The van der Waals surface area contributed by atoms with E-state index in [1.165, 1.54) is 19.2 Å². The molecule has 0 aliphatic carbocycles. The third-order valence-corrected chi connectivity index (χ3v) is 3.89. The lowest BCUT2D eigenvalue weighted by Crippen LogP contribution is -2.09. The van der Waals surface area contributed by atoms with Crippen LogP contribution in [0, 0.1) is 12.7 Å². The van der Waals surface area contributed by atoms with E-state index < -0.39 is 11.8 Å². The maximum absolute atomic E-state index is 14.0. The van der Waals surface area contributed by atoms with Crippen molar-refractivity contribution in [2.75, 3.05) is 7.11 Å². The highest BCUT2D eigenvalue weighted by Crippen LogP contribution is 2.40. The standard InChI is InChI=1S/C16H12ClFO3/c1-8-3-14-11(6-12(8)17)10-7-13(18)15(20-2)4-9(10)5-16(19)21-14/h3-4,6-7H,5H2,1-2H3. The molecule has 0 unspecified atom stereocenters. The average Bonchev–Trinajstić information content (AvgIpc) is 2.55. The van der Waals surface area contributed by atoms with Gasteiger partial charge in [-0.25, -0.2) is 4.39 Å². The first kappa shape index (κ1) is 13.9. The van der Waals surface area contributed by atoms with Crippen LogP contribution in [0.2, 0.25) is 5.02 Å². The monoisotopic (exact) mass is 306 g/mol. The average molecular weight is 307 g/mol. The Morgan fingerprint density at radius 2 is 2.00 bits per heavy atom. The summed E-state index contributed by atoms with van der Waals surface area (Å²) in [7, 11) is 1.38. The minimum Gasteiger partial charge on any atom is -0.494 e. The van der Waals surface area contributed by atoms with E-state index in [2.05, 4.69) is 0 Å². The predicted octanol–water partition coefficient (Wildman–Crippen LogP) is 3.92. The minimum absolute atomic E-state index is 0.0529. The molecule has 108 valence electrons. The Kier molecular flexibility index (Phi) is 3.33. The Morgan fingerprint density at radius 3 is 2.71 bits per heavy atom. The molecule has 0 radical (unpaired) electrons. The van der Waals surface area contributed by atoms with Gasteiger partial charge in [-0.3, -0.25) is 4.79 Å². The molecule has 1 aliphatic heterocycles. The topological polar surface area (TPSA) is 35.5 Å². The Hall–Kier alpha value is -2.07. The molecule has 5 heteroatoms. The number of esters is 1. The van der Waals surface area contributed by atoms with Gasteiger partial charge in [-0.15, -0.1) is 0 Å². The molecule has 0 fully saturated rings. The second-order valence-electron chi connectivity index (χ2n) is 4.89. The first-order chi connectivity index (χ1) is 9.99. The fraction of sp³-hybridized carbons (Fsp3) is 0.188. The molecular weight excluding hydrogens is 295 g/mol. The molecule has 1 aliphatic rings. The van der Waals surface area contributed by atoms with Gasteiger partial charge in [0.2, 0.25) is 0 Å². The summed E-state index contributed by atoms with van der Waals surface area (Å²) in [6.45, 7) is 1.82. The van der Waals surface area contributed by atoms with E-state index in [0.717, 1.165) is 5.56 Å². The number of ether oxygens (including phenoxy) is 2. The maximum atomic E-state index is 14.0. The van der Waals surface area contributed by atoms with Crippen LogP contribution in [-0.4, -0.2) is 13.1 Å². The van der Waals surface area contributed by atoms with Crippen LogP contribution in [0.4, 0.5) is 4.39 Å². The third-order valence-electron chi connectivity index (χ3n) is 3.49. The number of carbonyl (C=O) groups is 1. The number of rotatable bonds is 1. The lowest BCUT2D eigenvalue weighted by atomic mass is 9.96. The van der Waals surface area contributed by atoms with E-state index in [9.17, 15) is 9.18 Å². The van der Waals surface area contributed by atoms with Crippen molar-refractivity contribution in [3.8, 4) is 22.6 Å². The molecule has 2 aromatic rings. The number of halogens is 2. The van der Waals surface area contributed by atoms with Crippen LogP contribution in [-0.2, 0) is 11.2 Å². The maximum Gasteiger partial charge on any atom is 0.315 e. The number of hydrogen-bond acceptors (Lipinski definition) is 3. The van der Waals surface area contributed by atoms with Gasteiger partial charge in [0.05, 0.1) is 13.5 Å². The molecule has 3 nitrogen and oxygen atoms in total. The van der Waals surface area contributed by atoms with Gasteiger partial charge in [0, 0.05) is 10.6 Å². The van der Waals surface area contributed by atoms with Crippen molar-refractivity contribution in [1.82, 2.24) is 0 Å². The Labute approximate surface area is 126 Å². The first-order valence-electron chi connectivity index (χ1n) is 6.37. The minimum atomic E-state index is -0.492. The molecular formula is C16H12ClFO3. The molecule has 0 amide bonds. The Morgan fingerprint density at radius 1 is 1.24 bits per heavy atom. The third kappa shape index (κ3) is 2.36. The molecule has 0 N–H and O–H groups in total. The summed E-state index contributed by atoms with van der Waals surface area (Å²) < 4.78 is 24.3. The van der Waals surface area contributed by atoms with Gasteiger partial charge < -0.3 is 9.47 Å². The summed E-state index contributed by atoms with van der Waals surface area (Å²) in [6.07, 6.45) is 0.0529. The van der Waals surface area contributed by atoms with Crippen LogP contribution < -0.4 is 9.47 Å². The van der Waals surface area contributed by atoms with Gasteiger partial charge in [0.15, 0.2) is 11.6 Å². The SMILES string of the molecule is COc1cc2c(cc1F)-c1cc(Cl)c(C)cc1OC(=O)C2. The highest BCUT2D eigenvalue weighted by Gasteiger charge is 2.23. The van der Waals surface area contributed by atoms with Crippen molar-refractivity contribution in [2.24, 2.45) is 0 Å². The van der Waals surface area contributed by atoms with Crippen molar-refractivity contribution < 1.29 is 18.7 Å². The summed E-state index contributed by atoms with van der Waals surface area (Å²) in [6, 6.07) is 6.25. The number of hydrogen-bond donors (Lipinski definition) is 0. The molecule has 3 rings (SSSR count). The molecule has 0 saturated heterocycles. The number of methoxy groups -OCH3 is 1. The highest BCUT2D eigenvalue weighted by atomic mass is 35.5. The highest BCUT2D eigenvalue weighted by molar-refractivity contribution is 6.31. The van der Waals surface area contributed by atoms with E-state index in [4.69, 9.17) is 21.1 Å². The van der Waals surface area contributed by atoms with E-state index in [-0.39, 0.29) is 12.2 Å². The normalized spacial score (nSPS) is 13.0. The van der Waals surface area contributed by atoms with E-state index >= 15 is 0 Å². The van der Waals surface area contributed by atoms with Gasteiger partial charge in [-0.1, -0.05) is 11.6 Å². The van der Waals surface area contributed by atoms with Crippen LogP contribution in [0.1, 0.15) is 11.1 Å². The van der Waals surface area contributed by atoms with Crippen molar-refractivity contribution >= 4 is 17.6 Å². The van der Waals surface area contributed by atoms with Crippen molar-refractivity contribution in [3.63, 3.8) is 0 Å². The van der Waals surface area contributed by atoms with Crippen molar-refractivity contribution in [2.45, 2.75) is 13.3 Å². The van der Waals surface area contributed by atoms with Gasteiger partial charge >= 0.3 is 5.97 Å². The number of fused-ring (bicyclic) bond motifs is 3. The van der Waals surface area contributed by atoms with Crippen LogP contribution in [0.15, 0.2) is 24.3 Å². The lowest BCUT2D eigenvalue weighted by molar-refractivity contribution is -0.133. The van der Waals surface area contributed by atoms with E-state index in [1.807, 2.05) is 6.92 Å². The zero-order valence-corrected chi connectivity index (χ0v) is 12.3. The van der Waals surface area contributed by atoms with Crippen molar-refractivity contribution in [1.29, 1.82) is 0 Å². The smallest absolute Gasteiger partial charge is 0.315 e. The van der Waals surface area contributed by atoms with Crippen LogP contribution >= 0.6 is 11.6 Å². The summed E-state index contributed by atoms with van der Waals surface area (Å²) in [4.78, 5) is 11.9. The van der Waals surface area contributed by atoms with Crippen LogP contribution in [0.3, 0.4) is 0 Å². The lowest BCUT2D eigenvalue weighted by Gasteiger charge is -2.12. The second-order valence-corrected chi connectivity index (χ2v) is 5.30. The largest absolute Gasteiger partial charge is 0.494 e. The van der Waals surface area contributed by atoms with Gasteiger partial charge in [0.25, 0.3) is 0 Å². The fourth-order valence-electron chi connectivity index (χ4n) is 2.41. The number of aryl methyl sites for hydroxylation is 1. The molecule has 1 heterocycles. The quantitative estimate of drug-likeness (QED) is 0.591. The first-order valence-corrected chi connectivity index (χ1v) is 6.75. The second kappa shape index (κ2) is 5.04. The summed E-state index contributed by atoms with van der Waals surface area (Å²) in [5, 5.41) is 0.536. The molecule has 0 atom stereocenters. The Bertz CT molecular complexity index is 756. The molecule has 21 heavy (non-hydrogen) atoms. The van der Waals surface area contributed by atoms with Gasteiger partial charge in [-0.05, 0) is 47.9 Å². The molecule has 2 aromatic carbocycles. The molecule has 0 spiro atoms. The van der Waals surface area contributed by atoms with Gasteiger partial charge in [-0.2, -0.15) is 0 Å². The zero-order chi connectivity index (χ0) is 15.1. The number of carbonyl (C=O) groups excluding carboxylic acids is 1. The van der Waals surface area contributed by atoms with E-state index in [1.54, 1.807) is 12.1 Å². The molecule has 0 bridgehead atoms. The Balaban J connectivity index is 2.31. The molecule has 0 saturated carbocycles. The zero-order valence-electron chi connectivity index (χ0n) is 11.5. The van der Waals surface area contributed by atoms with Gasteiger partial charge in [0.1, 0.15) is 5.75 Å². The molecule has 0 aromatic heterocycles. The van der Waals surface area contributed by atoms with Crippen LogP contribution in [0.25, 0.3) is 11.1 Å². The summed E-state index contributed by atoms with van der Waals surface area (Å²) in [5.41, 5.74) is 2.64.